The second-order valence-corrected chi connectivity index (χ2v) is 0.0833. The third-order valence-electron chi connectivity index (χ3n) is 0. The average Bonchev–Trinajstić information content (AvgIpc) is 1.46. The van der Waals surface area contributed by atoms with Gasteiger partial charge in [0.05, 0.1) is 0 Å². The molecular weight excluding hydrogens is 87.0 g/mol. The molecular formula is CHAlO3. The van der Waals surface area contributed by atoms with E-state index in [-0.39, 0.29) is 6.15 Å². The van der Waals surface area contributed by atoms with Gasteiger partial charge >= 0.3 is 26.2 Å². The van der Waals surface area contributed by atoms with Crippen molar-refractivity contribution in [2.24, 2.45) is 0 Å². The van der Waals surface area contributed by atoms with E-state index in [1.165, 1.54) is 0 Å². The molecule has 0 rings (SSSR count). The summed E-state index contributed by atoms with van der Waals surface area (Å²) in [5.74, 6) is 0. The Bertz CT molecular complexity index is 36.2. The van der Waals surface area contributed by atoms with Crippen molar-refractivity contribution < 1.29 is 13.4 Å². The Morgan fingerprint density at radius 3 is 1.20 bits per heavy atom. The Labute approximate surface area is 36.6 Å². The predicted molar refractivity (Wildman–Crippen MR) is 12.8 cm³/mol. The summed E-state index contributed by atoms with van der Waals surface area (Å²) < 4.78 is 8.28. The van der Waals surface area contributed by atoms with Crippen molar-refractivity contribution in [2.75, 3.05) is 0 Å². The van der Waals surface area contributed by atoms with E-state index in [4.69, 9.17) is 13.4 Å². The minimum atomic E-state index is 0.250. The van der Waals surface area contributed by atoms with Crippen LogP contribution in [0.1, 0.15) is 0 Å². The summed E-state index contributed by atoms with van der Waals surface area (Å²) in [6.07, 6.45) is 0.250. The van der Waals surface area contributed by atoms with Gasteiger partial charge in [-0.25, -0.2) is 0 Å². The maximum absolute atomic E-state index is 8.28. The van der Waals surface area contributed by atoms with Crippen LogP contribution in [0.2, 0.25) is 0 Å². The summed E-state index contributed by atoms with van der Waals surface area (Å²) >= 11 is 0.611. The second-order valence-electron chi connectivity index (χ2n) is 0.0833. The number of hydrogen-bond acceptors (Lipinski definition) is 3. The molecule has 3 nitrogen and oxygen atoms in total. The molecule has 0 amide bonds. The van der Waals surface area contributed by atoms with Gasteiger partial charge in [0.1, 0.15) is 0 Å². The first kappa shape index (κ1) is 8.83. The molecule has 0 spiro atoms. The van der Waals surface area contributed by atoms with E-state index in [0.717, 1.165) is 0 Å². The van der Waals surface area contributed by atoms with E-state index in [1.807, 2.05) is 0 Å². The van der Waals surface area contributed by atoms with Crippen molar-refractivity contribution in [3.63, 3.8) is 0 Å². The van der Waals surface area contributed by atoms with Crippen LogP contribution in [0.4, 0.5) is 0 Å². The summed E-state index contributed by atoms with van der Waals surface area (Å²) in [5.41, 5.74) is 0. The number of rotatable bonds is 0. The summed E-state index contributed by atoms with van der Waals surface area (Å²) in [6, 6.07) is 0. The first-order chi connectivity index (χ1) is 2.41. The van der Waals surface area contributed by atoms with Gasteiger partial charge in [-0.2, -0.15) is 9.59 Å². The van der Waals surface area contributed by atoms with E-state index < -0.39 is 0 Å². The zero-order valence-electron chi connectivity index (χ0n) is 2.43. The Morgan fingerprint density at radius 1 is 1.20 bits per heavy atom. The minimum absolute atomic E-state index is 0.250. The van der Waals surface area contributed by atoms with Gasteiger partial charge in [0.2, 0.25) is 0 Å². The third-order valence-corrected chi connectivity index (χ3v) is 0. The molecule has 0 aliphatic rings. The molecule has 0 aliphatic carbocycles. The van der Waals surface area contributed by atoms with Crippen molar-refractivity contribution in [2.45, 2.75) is 0 Å². The van der Waals surface area contributed by atoms with Crippen molar-refractivity contribution in [1.29, 1.82) is 0 Å². The molecule has 0 unspecified atom stereocenters. The first-order valence-electron chi connectivity index (χ1n) is 0.697. The fourth-order valence-corrected chi connectivity index (χ4v) is 0. The van der Waals surface area contributed by atoms with E-state index in [9.17, 15) is 0 Å². The van der Waals surface area contributed by atoms with Crippen molar-refractivity contribution in [3.8, 4) is 0 Å². The standard InChI is InChI=1S/CO2.Al.O.H/c2-1-3;;;. The Kier molecular flexibility index (Phi) is 95.0. The number of hydrogen-bond donors (Lipinski definition) is 0. The second kappa shape index (κ2) is 53.8. The SMILES string of the molecule is O=C=O.[O]=[AlH]. The Morgan fingerprint density at radius 2 is 1.20 bits per heavy atom. The van der Waals surface area contributed by atoms with Crippen LogP contribution in [0.5, 0.6) is 0 Å². The van der Waals surface area contributed by atoms with Gasteiger partial charge < -0.3 is 0 Å². The van der Waals surface area contributed by atoms with Crippen LogP contribution >= 0.6 is 0 Å². The van der Waals surface area contributed by atoms with Gasteiger partial charge in [0.25, 0.3) is 0 Å². The average molecular weight is 88.0 g/mol. The molecule has 0 bridgehead atoms. The van der Waals surface area contributed by atoms with Gasteiger partial charge in [0, 0.05) is 0 Å². The van der Waals surface area contributed by atoms with E-state index in [1.54, 1.807) is 0 Å². The van der Waals surface area contributed by atoms with E-state index in [0.29, 0.717) is 16.2 Å². The molecule has 0 saturated carbocycles. The molecule has 0 atom stereocenters. The van der Waals surface area contributed by atoms with Crippen LogP contribution in [-0.2, 0) is 13.4 Å². The topological polar surface area (TPSA) is 51.2 Å². The van der Waals surface area contributed by atoms with Crippen molar-refractivity contribution in [3.05, 3.63) is 0 Å². The number of carbonyl (C=O) groups excluding carboxylic acids is 2. The zero-order valence-corrected chi connectivity index (χ0v) is 3.85. The van der Waals surface area contributed by atoms with Crippen LogP contribution in [0.3, 0.4) is 0 Å². The van der Waals surface area contributed by atoms with Gasteiger partial charge in [-0.05, 0) is 0 Å². The van der Waals surface area contributed by atoms with Crippen LogP contribution in [0.25, 0.3) is 0 Å². The van der Waals surface area contributed by atoms with Crippen molar-refractivity contribution in [1.82, 2.24) is 0 Å². The van der Waals surface area contributed by atoms with Crippen molar-refractivity contribution >= 4 is 22.4 Å². The van der Waals surface area contributed by atoms with Gasteiger partial charge in [-0.15, -0.1) is 0 Å². The summed E-state index contributed by atoms with van der Waals surface area (Å²) in [6.45, 7) is 0. The Balaban J connectivity index is 0. The predicted octanol–water partition coefficient (Wildman–Crippen LogP) is -1.35. The Hall–Kier alpha value is -0.288. The van der Waals surface area contributed by atoms with E-state index >= 15 is 0 Å². The van der Waals surface area contributed by atoms with Gasteiger partial charge in [-0.1, -0.05) is 0 Å². The molecule has 0 aromatic rings. The molecule has 0 heterocycles. The summed E-state index contributed by atoms with van der Waals surface area (Å²) in [4.78, 5) is 16.2. The van der Waals surface area contributed by atoms with Gasteiger partial charge in [0.15, 0.2) is 0 Å². The van der Waals surface area contributed by atoms with Gasteiger partial charge in [-0.3, -0.25) is 0 Å². The molecule has 4 heteroatoms. The summed E-state index contributed by atoms with van der Waals surface area (Å²) in [5, 5.41) is 0. The zero-order chi connectivity index (χ0) is 4.71. The van der Waals surface area contributed by atoms with Crippen LogP contribution in [-0.4, -0.2) is 22.4 Å². The molecule has 5 heavy (non-hydrogen) atoms. The molecule has 0 aromatic carbocycles. The first-order valence-corrected chi connectivity index (χ1v) is 1.27. The van der Waals surface area contributed by atoms with Crippen LogP contribution in [0.15, 0.2) is 0 Å². The molecule has 0 radical (unpaired) electrons. The fourth-order valence-electron chi connectivity index (χ4n) is 0. The van der Waals surface area contributed by atoms with Crippen LogP contribution < -0.4 is 0 Å². The fraction of sp³-hybridized carbons (Fsp3) is 0. The van der Waals surface area contributed by atoms with E-state index in [2.05, 4.69) is 0 Å². The normalized spacial score (nSPS) is 2.20. The molecule has 0 fully saturated rings. The monoisotopic (exact) mass is 88.0 g/mol. The summed E-state index contributed by atoms with van der Waals surface area (Å²) in [7, 11) is 0. The molecule has 26 valence electrons. The maximum atomic E-state index is 8.28. The third kappa shape index (κ3) is 132. The molecule has 0 N–H and O–H groups in total. The van der Waals surface area contributed by atoms with Crippen LogP contribution in [0, 0.1) is 0 Å². The molecule has 0 aliphatic heterocycles. The molecule has 0 saturated heterocycles. The quantitative estimate of drug-likeness (QED) is 0.344. The molecule has 0 aromatic heterocycles.